The Balaban J connectivity index is 0. The van der Waals surface area contributed by atoms with Crippen LogP contribution in [-0.4, -0.2) is 15.1 Å². The van der Waals surface area contributed by atoms with Crippen molar-refractivity contribution in [1.82, 2.24) is 0 Å². The SMILES string of the molecule is O=S([O-])OC(F)(F)F.[Li+]. The van der Waals surface area contributed by atoms with Crippen LogP contribution in [0.25, 0.3) is 0 Å². The van der Waals surface area contributed by atoms with Gasteiger partial charge in [-0.2, -0.15) is 0 Å². The monoisotopic (exact) mass is 156 g/mol. The van der Waals surface area contributed by atoms with Crippen molar-refractivity contribution in [2.45, 2.75) is 6.36 Å². The second-order valence-electron chi connectivity index (χ2n) is 0.733. The number of halogens is 3. The smallest absolute Gasteiger partial charge is 0.750 e. The number of alkyl halides is 3. The van der Waals surface area contributed by atoms with E-state index in [9.17, 15) is 13.2 Å². The standard InChI is InChI=1S/CHF3O3S.Li/c2-1(3,4)7-8(5)6;/h(H,5,6);/q;+1/p-1. The fourth-order valence-corrected chi connectivity index (χ4v) is 0.231. The van der Waals surface area contributed by atoms with E-state index >= 15 is 0 Å². The van der Waals surface area contributed by atoms with Gasteiger partial charge in [0.05, 0.1) is 11.4 Å². The van der Waals surface area contributed by atoms with Gasteiger partial charge >= 0.3 is 25.2 Å². The molecule has 0 aromatic heterocycles. The van der Waals surface area contributed by atoms with Gasteiger partial charge in [-0.15, -0.1) is 13.2 Å². The topological polar surface area (TPSA) is 49.4 Å². The minimum absolute atomic E-state index is 0. The Kier molecular flexibility index (Phi) is 5.81. The van der Waals surface area contributed by atoms with Gasteiger partial charge in [0.1, 0.15) is 0 Å². The second kappa shape index (κ2) is 4.30. The molecule has 50 valence electrons. The molecular formula is CF3LiO3S. The Labute approximate surface area is 63.2 Å². The van der Waals surface area contributed by atoms with Crippen LogP contribution in [0.1, 0.15) is 0 Å². The van der Waals surface area contributed by atoms with E-state index in [-0.39, 0.29) is 18.9 Å². The molecule has 1 atom stereocenters. The van der Waals surface area contributed by atoms with Crippen LogP contribution >= 0.6 is 0 Å². The van der Waals surface area contributed by atoms with Gasteiger partial charge < -0.3 is 4.55 Å². The molecule has 1 unspecified atom stereocenters. The van der Waals surface area contributed by atoms with Gasteiger partial charge in [0.15, 0.2) is 0 Å². The molecular weight excluding hydrogens is 156 g/mol. The van der Waals surface area contributed by atoms with E-state index in [1.165, 1.54) is 0 Å². The molecule has 0 N–H and O–H groups in total. The summed E-state index contributed by atoms with van der Waals surface area (Å²) in [5.74, 6) is 0. The van der Waals surface area contributed by atoms with Gasteiger partial charge in [-0.1, -0.05) is 0 Å². The molecule has 0 aliphatic carbocycles. The molecule has 0 fully saturated rings. The van der Waals surface area contributed by atoms with Crippen molar-refractivity contribution in [3.63, 3.8) is 0 Å². The Morgan fingerprint density at radius 2 is 1.78 bits per heavy atom. The maximum atomic E-state index is 10.7. The molecule has 0 amide bonds. The fourth-order valence-electron chi connectivity index (χ4n) is 0.0772. The first kappa shape index (κ1) is 12.2. The molecule has 0 rings (SSSR count). The third kappa shape index (κ3) is 11.8. The summed E-state index contributed by atoms with van der Waals surface area (Å²) >= 11 is -3.51. The molecule has 0 saturated carbocycles. The normalized spacial score (nSPS) is 14.2. The zero-order valence-electron chi connectivity index (χ0n) is 4.27. The van der Waals surface area contributed by atoms with Crippen LogP contribution in [-0.2, 0) is 15.5 Å². The van der Waals surface area contributed by atoms with Gasteiger partial charge in [-0.3, -0.25) is 0 Å². The number of hydrogen-bond donors (Lipinski definition) is 0. The zero-order chi connectivity index (χ0) is 6.78. The molecule has 0 radical (unpaired) electrons. The third-order valence-electron chi connectivity index (χ3n) is 0.163. The number of hydrogen-bond acceptors (Lipinski definition) is 3. The van der Waals surface area contributed by atoms with Gasteiger partial charge in [0, 0.05) is 0 Å². The van der Waals surface area contributed by atoms with E-state index in [0.717, 1.165) is 0 Å². The van der Waals surface area contributed by atoms with E-state index in [4.69, 9.17) is 8.76 Å². The van der Waals surface area contributed by atoms with Crippen molar-refractivity contribution in [2.75, 3.05) is 0 Å². The van der Waals surface area contributed by atoms with Crippen LogP contribution < -0.4 is 18.9 Å². The molecule has 9 heavy (non-hydrogen) atoms. The van der Waals surface area contributed by atoms with Gasteiger partial charge in [-0.05, 0) is 0 Å². The minimum Gasteiger partial charge on any atom is -0.750 e. The molecule has 0 aromatic rings. The van der Waals surface area contributed by atoms with Gasteiger partial charge in [0.25, 0.3) is 0 Å². The molecule has 0 spiro atoms. The second-order valence-corrected chi connectivity index (χ2v) is 1.31. The molecule has 0 bridgehead atoms. The zero-order valence-corrected chi connectivity index (χ0v) is 5.08. The van der Waals surface area contributed by atoms with E-state index in [1.54, 1.807) is 0 Å². The van der Waals surface area contributed by atoms with E-state index < -0.39 is 17.7 Å². The molecule has 0 saturated heterocycles. The van der Waals surface area contributed by atoms with Crippen LogP contribution in [0.5, 0.6) is 0 Å². The summed E-state index contributed by atoms with van der Waals surface area (Å²) < 4.78 is 52.6. The summed E-state index contributed by atoms with van der Waals surface area (Å²) in [6, 6.07) is 0. The predicted molar refractivity (Wildman–Crippen MR) is 16.1 cm³/mol. The Morgan fingerprint density at radius 3 is 1.78 bits per heavy atom. The van der Waals surface area contributed by atoms with Crippen molar-refractivity contribution in [3.8, 4) is 0 Å². The first-order valence-electron chi connectivity index (χ1n) is 1.27. The summed E-state index contributed by atoms with van der Waals surface area (Å²) in [5.41, 5.74) is 0. The summed E-state index contributed by atoms with van der Waals surface area (Å²) in [7, 11) is 0. The average Bonchev–Trinajstić information content (AvgIpc) is 1.21. The third-order valence-corrected chi connectivity index (χ3v) is 0.488. The summed E-state index contributed by atoms with van der Waals surface area (Å²) in [6.07, 6.45) is -5.09. The first-order valence-corrected chi connectivity index (χ1v) is 2.27. The molecule has 0 aliphatic heterocycles. The predicted octanol–water partition coefficient (Wildman–Crippen LogP) is -2.68. The average molecular weight is 156 g/mol. The van der Waals surface area contributed by atoms with Crippen LogP contribution in [0, 0.1) is 0 Å². The van der Waals surface area contributed by atoms with Crippen LogP contribution in [0.3, 0.4) is 0 Å². The summed E-state index contributed by atoms with van der Waals surface area (Å²) in [4.78, 5) is 0. The van der Waals surface area contributed by atoms with Gasteiger partial charge in [0.2, 0.25) is 0 Å². The van der Waals surface area contributed by atoms with Crippen molar-refractivity contribution in [1.29, 1.82) is 0 Å². The van der Waals surface area contributed by atoms with Crippen molar-refractivity contribution >= 4 is 11.4 Å². The molecule has 0 aliphatic rings. The summed E-state index contributed by atoms with van der Waals surface area (Å²) in [5, 5.41) is 0. The maximum absolute atomic E-state index is 10.7. The first-order chi connectivity index (χ1) is 3.42. The number of rotatable bonds is 1. The van der Waals surface area contributed by atoms with E-state index in [0.29, 0.717) is 0 Å². The Bertz CT molecular complexity index is 102. The van der Waals surface area contributed by atoms with Crippen LogP contribution in [0.4, 0.5) is 13.2 Å². The van der Waals surface area contributed by atoms with Crippen LogP contribution in [0.2, 0.25) is 0 Å². The quantitative estimate of drug-likeness (QED) is 0.307. The van der Waals surface area contributed by atoms with E-state index in [2.05, 4.69) is 4.18 Å². The van der Waals surface area contributed by atoms with Crippen molar-refractivity contribution in [3.05, 3.63) is 0 Å². The largest absolute Gasteiger partial charge is 1.00 e. The minimum atomic E-state index is -5.09. The van der Waals surface area contributed by atoms with Gasteiger partial charge in [-0.25, -0.2) is 8.39 Å². The Hall–Kier alpha value is 0.457. The Morgan fingerprint density at radius 1 is 1.44 bits per heavy atom. The molecule has 0 heterocycles. The molecule has 8 heteroatoms. The molecule has 0 aromatic carbocycles. The molecule has 3 nitrogen and oxygen atoms in total. The summed E-state index contributed by atoms with van der Waals surface area (Å²) in [6.45, 7) is 0. The van der Waals surface area contributed by atoms with Crippen LogP contribution in [0.15, 0.2) is 0 Å². The van der Waals surface area contributed by atoms with Crippen molar-refractivity contribution < 1.29 is 45.0 Å². The maximum Gasteiger partial charge on any atom is 1.00 e. The van der Waals surface area contributed by atoms with Crippen molar-refractivity contribution in [2.24, 2.45) is 0 Å². The fraction of sp³-hybridized carbons (Fsp3) is 1.00. The van der Waals surface area contributed by atoms with E-state index in [1.807, 2.05) is 0 Å².